The molecule has 0 radical (unpaired) electrons. The van der Waals surface area contributed by atoms with E-state index in [0.717, 1.165) is 0 Å². The third kappa shape index (κ3) is 12.8. The van der Waals surface area contributed by atoms with E-state index in [2.05, 4.69) is 10.6 Å². The van der Waals surface area contributed by atoms with E-state index < -0.39 is 83.7 Å². The SMILES string of the molecule is O=C(N[C@H](C(=O)N[C@@H](Cc1ccccc1)C[P+](Cc1cc(C(F)(F)F)cc(C(F)(F)F)c1)(c1ccccc1)c1ccccc1)c1ccccc1)c1cc(C(F)(F)F)cc(C(F)(F)F)c1.[Br-]. The molecule has 18 heteroatoms. The third-order valence-electron chi connectivity index (χ3n) is 10.3. The van der Waals surface area contributed by atoms with Crippen molar-refractivity contribution in [1.29, 1.82) is 0 Å². The molecule has 0 aliphatic carbocycles. The van der Waals surface area contributed by atoms with Crippen LogP contribution < -0.4 is 38.2 Å². The van der Waals surface area contributed by atoms with Gasteiger partial charge in [0.05, 0.1) is 58.5 Å². The lowest BCUT2D eigenvalue weighted by atomic mass is 10.0. The Morgan fingerprint density at radius 2 is 0.862 bits per heavy atom. The lowest BCUT2D eigenvalue weighted by molar-refractivity contribution is -0.144. The van der Waals surface area contributed by atoms with Crippen molar-refractivity contribution in [2.24, 2.45) is 0 Å². The highest BCUT2D eigenvalue weighted by molar-refractivity contribution is 7.88. The van der Waals surface area contributed by atoms with Gasteiger partial charge in [-0.3, -0.25) is 9.59 Å². The van der Waals surface area contributed by atoms with Gasteiger partial charge in [0, 0.05) is 5.56 Å². The van der Waals surface area contributed by atoms with Crippen LogP contribution in [0.4, 0.5) is 52.7 Å². The van der Waals surface area contributed by atoms with E-state index in [9.17, 15) is 62.3 Å². The zero-order chi connectivity index (χ0) is 46.5. The van der Waals surface area contributed by atoms with Gasteiger partial charge in [0.2, 0.25) is 5.91 Å². The summed E-state index contributed by atoms with van der Waals surface area (Å²) in [6.07, 6.45) is -21.3. The number of hydrogen-bond acceptors (Lipinski definition) is 2. The van der Waals surface area contributed by atoms with Crippen molar-refractivity contribution in [3.8, 4) is 0 Å². The smallest absolute Gasteiger partial charge is 0.416 e. The van der Waals surface area contributed by atoms with Crippen molar-refractivity contribution < 1.29 is 79.3 Å². The fourth-order valence-electron chi connectivity index (χ4n) is 7.42. The van der Waals surface area contributed by atoms with Gasteiger partial charge in [-0.15, -0.1) is 0 Å². The minimum Gasteiger partial charge on any atom is -1.00 e. The van der Waals surface area contributed by atoms with E-state index in [-0.39, 0.29) is 71.1 Å². The first kappa shape index (κ1) is 50.3. The molecule has 6 rings (SSSR count). The maximum Gasteiger partial charge on any atom is 0.416 e. The fourth-order valence-corrected chi connectivity index (χ4v) is 11.9. The lowest BCUT2D eigenvalue weighted by Crippen LogP contribution is -3.00. The second-order valence-corrected chi connectivity index (χ2v) is 18.6. The summed E-state index contributed by atoms with van der Waals surface area (Å²) in [7, 11) is -3.29. The van der Waals surface area contributed by atoms with Gasteiger partial charge in [-0.1, -0.05) is 97.1 Å². The van der Waals surface area contributed by atoms with Crippen molar-refractivity contribution in [2.45, 2.75) is 49.4 Å². The Labute approximate surface area is 376 Å². The van der Waals surface area contributed by atoms with Crippen molar-refractivity contribution in [3.05, 3.63) is 202 Å². The molecule has 0 fully saturated rings. The third-order valence-corrected chi connectivity index (χ3v) is 14.9. The molecule has 0 saturated heterocycles. The van der Waals surface area contributed by atoms with Crippen molar-refractivity contribution in [2.75, 3.05) is 6.16 Å². The number of benzene rings is 6. The topological polar surface area (TPSA) is 58.2 Å². The molecule has 0 aromatic heterocycles. The Hall–Kier alpha value is -5.67. The first-order chi connectivity index (χ1) is 30.0. The van der Waals surface area contributed by atoms with Crippen molar-refractivity contribution >= 4 is 29.7 Å². The molecule has 0 bridgehead atoms. The quantitative estimate of drug-likeness (QED) is 0.0899. The van der Waals surface area contributed by atoms with Gasteiger partial charge in [-0.05, 0) is 83.8 Å². The molecule has 0 aliphatic heterocycles. The molecule has 0 spiro atoms. The van der Waals surface area contributed by atoms with Crippen LogP contribution in [-0.4, -0.2) is 24.0 Å². The Morgan fingerprint density at radius 1 is 0.477 bits per heavy atom. The molecule has 0 unspecified atom stereocenters. The minimum atomic E-state index is -5.29. The second-order valence-electron chi connectivity index (χ2n) is 14.9. The summed E-state index contributed by atoms with van der Waals surface area (Å²) in [5.41, 5.74) is -7.19. The average molecular weight is 1000 g/mol. The van der Waals surface area contributed by atoms with E-state index in [4.69, 9.17) is 0 Å². The normalized spacial score (nSPS) is 13.3. The fraction of sp³-hybridized carbons (Fsp3) is 0.191. The summed E-state index contributed by atoms with van der Waals surface area (Å²) in [5, 5.41) is 6.30. The number of hydrogen-bond donors (Lipinski definition) is 2. The van der Waals surface area contributed by atoms with E-state index in [1.165, 1.54) is 24.3 Å². The number of carbonyl (C=O) groups is 2. The summed E-state index contributed by atoms with van der Waals surface area (Å²) >= 11 is 0. The minimum absolute atomic E-state index is 0. The number of halogens is 13. The van der Waals surface area contributed by atoms with E-state index in [1.807, 2.05) is 0 Å². The maximum atomic E-state index is 14.7. The van der Waals surface area contributed by atoms with Crippen LogP contribution in [-0.2, 0) is 42.1 Å². The van der Waals surface area contributed by atoms with Gasteiger partial charge in [0.1, 0.15) is 6.04 Å². The molecule has 4 nitrogen and oxygen atoms in total. The molecule has 6 aromatic carbocycles. The molecule has 0 aliphatic rings. The van der Waals surface area contributed by atoms with Crippen LogP contribution in [0.1, 0.15) is 55.3 Å². The van der Waals surface area contributed by atoms with Crippen molar-refractivity contribution in [3.63, 3.8) is 0 Å². The molecular weight excluding hydrogens is 963 g/mol. The van der Waals surface area contributed by atoms with E-state index >= 15 is 0 Å². The monoisotopic (exact) mass is 998 g/mol. The van der Waals surface area contributed by atoms with Crippen molar-refractivity contribution in [1.82, 2.24) is 10.6 Å². The summed E-state index contributed by atoms with van der Waals surface area (Å²) < 4.78 is 168. The predicted octanol–water partition coefficient (Wildman–Crippen LogP) is 8.83. The number of carbonyl (C=O) groups excluding carboxylic acids is 2. The molecule has 0 heterocycles. The summed E-state index contributed by atoms with van der Waals surface area (Å²) in [5.74, 6) is -2.43. The highest BCUT2D eigenvalue weighted by atomic mass is 79.9. The van der Waals surface area contributed by atoms with Gasteiger partial charge in [0.25, 0.3) is 5.91 Å². The highest BCUT2D eigenvalue weighted by Crippen LogP contribution is 2.60. The zero-order valence-electron chi connectivity index (χ0n) is 33.5. The Kier molecular flexibility index (Phi) is 15.7. The molecule has 65 heavy (non-hydrogen) atoms. The van der Waals surface area contributed by atoms with Gasteiger partial charge >= 0.3 is 24.7 Å². The molecular formula is C47H36BrF12N2O2P. The summed E-state index contributed by atoms with van der Waals surface area (Å²) in [6.45, 7) is 0. The van der Waals surface area contributed by atoms with Crippen LogP contribution in [0.25, 0.3) is 0 Å². The van der Waals surface area contributed by atoms with Gasteiger partial charge < -0.3 is 27.6 Å². The first-order valence-electron chi connectivity index (χ1n) is 19.3. The Morgan fingerprint density at radius 3 is 1.28 bits per heavy atom. The van der Waals surface area contributed by atoms with Crippen LogP contribution in [0.15, 0.2) is 158 Å². The van der Waals surface area contributed by atoms with E-state index in [1.54, 1.807) is 97.1 Å². The maximum absolute atomic E-state index is 14.7. The Bertz CT molecular complexity index is 2430. The molecule has 342 valence electrons. The molecule has 6 aromatic rings. The average Bonchev–Trinajstić information content (AvgIpc) is 3.25. The standard InChI is InChI=1S/C47H35F12N2O2P.BrH/c48-44(49,50)34-21-31(22-35(26-34)45(51,52)53)28-64(39-17-9-3-10-18-39,40-19-11-4-12-20-40)29-38(23-30-13-5-1-6-14-30)60-43(63)41(32-15-7-2-8-16-32)61-42(62)33-24-36(46(54,55)56)27-37(25-33)47(57,58)59;/h1-22,24-27,38,41H,23,28-29H2,(H-,60,61,62,63);1H/t38-,41-;/m0./s1. The predicted molar refractivity (Wildman–Crippen MR) is 219 cm³/mol. The van der Waals surface area contributed by atoms with Gasteiger partial charge in [-0.2, -0.15) is 52.7 Å². The first-order valence-corrected chi connectivity index (χ1v) is 21.5. The van der Waals surface area contributed by atoms with Gasteiger partial charge in [-0.25, -0.2) is 0 Å². The summed E-state index contributed by atoms with van der Waals surface area (Å²) in [6, 6.07) is 31.5. The van der Waals surface area contributed by atoms with E-state index in [0.29, 0.717) is 28.3 Å². The molecule has 2 N–H and O–H groups in total. The van der Waals surface area contributed by atoms with Crippen LogP contribution >= 0.6 is 7.26 Å². The number of nitrogens with one attached hydrogen (secondary N) is 2. The largest absolute Gasteiger partial charge is 1.00 e. The number of rotatable bonds is 13. The van der Waals surface area contributed by atoms with Crippen LogP contribution in [0, 0.1) is 0 Å². The summed E-state index contributed by atoms with van der Waals surface area (Å²) in [4.78, 5) is 28.4. The second kappa shape index (κ2) is 20.2. The lowest BCUT2D eigenvalue weighted by Gasteiger charge is -2.33. The highest BCUT2D eigenvalue weighted by Gasteiger charge is 2.47. The van der Waals surface area contributed by atoms with Crippen LogP contribution in [0.2, 0.25) is 0 Å². The molecule has 2 amide bonds. The molecule has 0 saturated carbocycles. The van der Waals surface area contributed by atoms with Crippen LogP contribution in [0.5, 0.6) is 0 Å². The Balaban J connectivity index is 0.00000793. The van der Waals surface area contributed by atoms with Crippen LogP contribution in [0.3, 0.4) is 0 Å². The number of alkyl halides is 12. The van der Waals surface area contributed by atoms with Gasteiger partial charge in [0.15, 0.2) is 0 Å². The zero-order valence-corrected chi connectivity index (χ0v) is 35.9. The molecule has 2 atom stereocenters. The number of amides is 2.